The van der Waals surface area contributed by atoms with Crippen molar-refractivity contribution in [3.8, 4) is 0 Å². The molecule has 0 aliphatic heterocycles. The van der Waals surface area contributed by atoms with Crippen molar-refractivity contribution in [3.05, 3.63) is 0 Å². The molecule has 0 radical (unpaired) electrons. The number of carbonyl (C=O) groups is 1. The average Bonchev–Trinajstić information content (AvgIpc) is 1.19. The van der Waals surface area contributed by atoms with E-state index in [1.807, 2.05) is 0 Å². The van der Waals surface area contributed by atoms with Crippen molar-refractivity contribution in [2.45, 2.75) is 0 Å². The summed E-state index contributed by atoms with van der Waals surface area (Å²) < 4.78 is 0. The Balaban J connectivity index is -0.0000000910. The molecule has 0 atom stereocenters. The second kappa shape index (κ2) is 7.20. The third kappa shape index (κ3) is 47000. The monoisotopic (exact) mass is 180 g/mol. The maximum absolute atomic E-state index is 8.33. The van der Waals surface area contributed by atoms with Gasteiger partial charge in [0.1, 0.15) is 0 Å². The molecular weight excluding hydrogens is 176 g/mol. The molecular formula is CH4MgO7Si. The molecule has 56 valence electrons. The summed E-state index contributed by atoms with van der Waals surface area (Å²) >= 11 is 0. The van der Waals surface area contributed by atoms with Crippen molar-refractivity contribution < 1.29 is 34.2 Å². The van der Waals surface area contributed by atoms with Gasteiger partial charge in [-0.2, -0.15) is 0 Å². The van der Waals surface area contributed by atoms with Crippen molar-refractivity contribution in [3.63, 3.8) is 0 Å². The van der Waals surface area contributed by atoms with Crippen LogP contribution in [0.25, 0.3) is 0 Å². The van der Waals surface area contributed by atoms with Gasteiger partial charge in [0.15, 0.2) is 0 Å². The summed E-state index contributed by atoms with van der Waals surface area (Å²) in [6.45, 7) is 0. The van der Waals surface area contributed by atoms with E-state index < -0.39 is 15.2 Å². The van der Waals surface area contributed by atoms with Gasteiger partial charge >= 0.3 is 32.1 Å². The van der Waals surface area contributed by atoms with E-state index in [9.17, 15) is 0 Å². The summed E-state index contributed by atoms with van der Waals surface area (Å²) in [5.74, 6) is 0. The van der Waals surface area contributed by atoms with Crippen molar-refractivity contribution in [2.24, 2.45) is 0 Å². The zero-order valence-corrected chi connectivity index (χ0v) is 7.13. The van der Waals surface area contributed by atoms with E-state index >= 15 is 0 Å². The molecule has 7 nitrogen and oxygen atoms in total. The minimum absolute atomic E-state index is 0. The first-order valence-electron chi connectivity index (χ1n) is 1.51. The molecule has 0 bridgehead atoms. The molecule has 0 rings (SSSR count). The number of rotatable bonds is 0. The van der Waals surface area contributed by atoms with E-state index in [2.05, 4.69) is 0 Å². The predicted molar refractivity (Wildman–Crippen MR) is 25.8 cm³/mol. The predicted octanol–water partition coefficient (Wildman–Crippen LogP) is -5.44. The first kappa shape index (κ1) is 16.6. The summed E-state index contributed by atoms with van der Waals surface area (Å²) in [5, 5.41) is 16.7. The van der Waals surface area contributed by atoms with Gasteiger partial charge in [-0.15, -0.1) is 0 Å². The molecule has 0 fully saturated rings. The summed E-state index contributed by atoms with van der Waals surface area (Å²) in [7, 11) is -4.61. The summed E-state index contributed by atoms with van der Waals surface area (Å²) in [5.41, 5.74) is 0. The summed E-state index contributed by atoms with van der Waals surface area (Å²) in [6, 6.07) is 0. The number of carboxylic acid groups (broad SMARTS) is 2. The maximum Gasteiger partial charge on any atom is 2.00 e. The Bertz CT molecular complexity index is 76.1. The van der Waals surface area contributed by atoms with Gasteiger partial charge in [-0.3, -0.25) is 0 Å². The van der Waals surface area contributed by atoms with Crippen LogP contribution < -0.4 is 10.2 Å². The molecule has 0 aliphatic carbocycles. The Labute approximate surface area is 72.8 Å². The van der Waals surface area contributed by atoms with E-state index in [4.69, 9.17) is 34.2 Å². The standard InChI is InChI=1S/CH2O3.Mg.H4O4Si/c2-1(3)4;;1-5(2,3)4/h(H2,2,3,4);;1-4H/q;+2;/p-2. The van der Waals surface area contributed by atoms with Gasteiger partial charge in [-0.05, 0) is 6.16 Å². The van der Waals surface area contributed by atoms with Gasteiger partial charge in [0, 0.05) is 0 Å². The van der Waals surface area contributed by atoms with Gasteiger partial charge in [0.25, 0.3) is 0 Å². The number of carbonyl (C=O) groups excluding carboxylic acids is 1. The van der Waals surface area contributed by atoms with Crippen LogP contribution in [-0.4, -0.2) is 57.4 Å². The molecule has 0 aromatic rings. The molecule has 0 saturated heterocycles. The van der Waals surface area contributed by atoms with Gasteiger partial charge < -0.3 is 34.2 Å². The largest absolute Gasteiger partial charge is 2.00 e. The van der Waals surface area contributed by atoms with Crippen LogP contribution in [0.3, 0.4) is 0 Å². The molecule has 0 spiro atoms. The second-order valence-electron chi connectivity index (χ2n) is 0.850. The fourth-order valence-electron chi connectivity index (χ4n) is 0. The van der Waals surface area contributed by atoms with E-state index in [0.717, 1.165) is 0 Å². The molecule has 0 saturated carbocycles. The Morgan fingerprint density at radius 3 is 1.10 bits per heavy atom. The zero-order chi connectivity index (χ0) is 8.08. The first-order chi connectivity index (χ1) is 3.73. The third-order valence-electron chi connectivity index (χ3n) is 0. The van der Waals surface area contributed by atoms with Crippen LogP contribution in [0.1, 0.15) is 0 Å². The van der Waals surface area contributed by atoms with Gasteiger partial charge in [-0.1, -0.05) is 0 Å². The smallest absolute Gasteiger partial charge is 0.652 e. The third-order valence-corrected chi connectivity index (χ3v) is 0. The Kier molecular flexibility index (Phi) is 11.9. The molecule has 0 aromatic carbocycles. The summed E-state index contributed by atoms with van der Waals surface area (Å²) in [4.78, 5) is 37.6. The van der Waals surface area contributed by atoms with E-state index in [1.165, 1.54) is 0 Å². The normalized spacial score (nSPS) is 8.40. The second-order valence-corrected chi connectivity index (χ2v) is 2.05. The van der Waals surface area contributed by atoms with Crippen molar-refractivity contribution >= 4 is 38.3 Å². The fourth-order valence-corrected chi connectivity index (χ4v) is 0. The van der Waals surface area contributed by atoms with Crippen LogP contribution in [0.5, 0.6) is 0 Å². The quantitative estimate of drug-likeness (QED) is 0.272. The van der Waals surface area contributed by atoms with Crippen molar-refractivity contribution in [2.75, 3.05) is 0 Å². The Hall–Kier alpha value is 0.0931. The van der Waals surface area contributed by atoms with Crippen LogP contribution in [0, 0.1) is 0 Å². The fraction of sp³-hybridized carbons (Fsp3) is 0. The van der Waals surface area contributed by atoms with E-state index in [0.29, 0.717) is 0 Å². The Morgan fingerprint density at radius 1 is 1.10 bits per heavy atom. The van der Waals surface area contributed by atoms with Crippen molar-refractivity contribution in [1.29, 1.82) is 0 Å². The molecule has 4 N–H and O–H groups in total. The zero-order valence-electron chi connectivity index (χ0n) is 4.72. The van der Waals surface area contributed by atoms with Crippen molar-refractivity contribution in [1.82, 2.24) is 0 Å². The number of hydrogen-bond donors (Lipinski definition) is 4. The van der Waals surface area contributed by atoms with Gasteiger partial charge in [0.05, 0.1) is 0 Å². The summed E-state index contributed by atoms with van der Waals surface area (Å²) in [6.07, 6.45) is -2.33. The van der Waals surface area contributed by atoms with E-state index in [-0.39, 0.29) is 23.1 Å². The Morgan fingerprint density at radius 2 is 1.10 bits per heavy atom. The molecule has 0 unspecified atom stereocenters. The topological polar surface area (TPSA) is 144 Å². The van der Waals surface area contributed by atoms with Crippen LogP contribution in [0.15, 0.2) is 0 Å². The molecule has 0 aliphatic rings. The molecule has 0 heterocycles. The SMILES string of the molecule is O=C([O-])[O-].O[Si](O)(O)O.[Mg+2]. The van der Waals surface area contributed by atoms with Crippen LogP contribution in [0.4, 0.5) is 4.79 Å². The van der Waals surface area contributed by atoms with E-state index in [1.54, 1.807) is 0 Å². The van der Waals surface area contributed by atoms with Gasteiger partial charge in [-0.25, -0.2) is 0 Å². The van der Waals surface area contributed by atoms with Gasteiger partial charge in [0.2, 0.25) is 0 Å². The minimum atomic E-state index is -4.61. The molecule has 9 heteroatoms. The number of hydrogen-bond acceptors (Lipinski definition) is 7. The molecule has 10 heavy (non-hydrogen) atoms. The maximum atomic E-state index is 8.33. The molecule has 0 aromatic heterocycles. The minimum Gasteiger partial charge on any atom is -0.652 e. The van der Waals surface area contributed by atoms with Crippen LogP contribution in [-0.2, 0) is 0 Å². The first-order valence-corrected chi connectivity index (χ1v) is 3.30. The average molecular weight is 180 g/mol. The van der Waals surface area contributed by atoms with Crippen LogP contribution in [0.2, 0.25) is 0 Å². The van der Waals surface area contributed by atoms with Crippen LogP contribution >= 0.6 is 0 Å². The molecule has 0 amide bonds.